The number of rotatable bonds is 4. The molecule has 0 aliphatic heterocycles. The van der Waals surface area contributed by atoms with Gasteiger partial charge in [0.1, 0.15) is 0 Å². The van der Waals surface area contributed by atoms with Gasteiger partial charge in [0, 0.05) is 12.1 Å². The Kier molecular flexibility index (Phi) is 3.47. The second-order valence-corrected chi connectivity index (χ2v) is 4.34. The second kappa shape index (κ2) is 5.05. The minimum Gasteiger partial charge on any atom is -0.398 e. The van der Waals surface area contributed by atoms with Gasteiger partial charge in [-0.15, -0.1) is 0 Å². The van der Waals surface area contributed by atoms with Crippen LogP contribution in [0.5, 0.6) is 0 Å². The van der Waals surface area contributed by atoms with Crippen molar-refractivity contribution < 1.29 is 9.45 Å². The van der Waals surface area contributed by atoms with Gasteiger partial charge in [-0.1, -0.05) is 5.16 Å². The maximum Gasteiger partial charge on any atom is 0.271 e. The quantitative estimate of drug-likeness (QED) is 0.512. The second-order valence-electron chi connectivity index (χ2n) is 3.48. The van der Waals surface area contributed by atoms with Gasteiger partial charge in [-0.05, 0) is 12.3 Å². The molecule has 7 nitrogen and oxygen atoms in total. The number of non-ortho nitro benzene ring substituents is 1. The number of nitro benzene ring substituents is 1. The molecular weight excluding hydrogens is 256 g/mol. The third kappa shape index (κ3) is 2.43. The third-order valence-corrected chi connectivity index (χ3v) is 2.76. The molecule has 1 heterocycles. The predicted molar refractivity (Wildman–Crippen MR) is 68.0 cm³/mol. The van der Waals surface area contributed by atoms with Crippen LogP contribution < -0.4 is 5.73 Å². The fourth-order valence-electron chi connectivity index (χ4n) is 1.41. The van der Waals surface area contributed by atoms with Gasteiger partial charge in [0.25, 0.3) is 11.6 Å². The van der Waals surface area contributed by atoms with E-state index >= 15 is 0 Å². The van der Waals surface area contributed by atoms with Crippen LogP contribution in [0.1, 0.15) is 5.82 Å². The molecule has 0 aliphatic carbocycles. The Morgan fingerprint density at radius 1 is 1.56 bits per heavy atom. The first kappa shape index (κ1) is 12.4. The minimum absolute atomic E-state index is 0.0693. The summed E-state index contributed by atoms with van der Waals surface area (Å²) in [5.74, 6) is 1.47. The summed E-state index contributed by atoms with van der Waals surface area (Å²) in [6, 6.07) is 4.13. The molecule has 2 N–H and O–H groups in total. The molecule has 0 saturated carbocycles. The molecular formula is C10H10N4O3S. The number of aromatic nitrogens is 2. The van der Waals surface area contributed by atoms with Gasteiger partial charge in [0.15, 0.2) is 5.82 Å². The molecule has 8 heteroatoms. The van der Waals surface area contributed by atoms with Crippen LogP contribution in [0.15, 0.2) is 22.7 Å². The lowest BCUT2D eigenvalue weighted by Crippen LogP contribution is -1.94. The zero-order valence-corrected chi connectivity index (χ0v) is 10.3. The summed E-state index contributed by atoms with van der Waals surface area (Å²) in [6.07, 6.45) is 1.93. The molecule has 1 aromatic heterocycles. The Labute approximate surface area is 107 Å². The Morgan fingerprint density at radius 3 is 2.94 bits per heavy atom. The first-order chi connectivity index (χ1) is 8.61. The number of hydrogen-bond donors (Lipinski definition) is 1. The van der Waals surface area contributed by atoms with E-state index in [-0.39, 0.29) is 17.3 Å². The van der Waals surface area contributed by atoms with Crippen molar-refractivity contribution in [2.75, 3.05) is 12.0 Å². The van der Waals surface area contributed by atoms with Crippen molar-refractivity contribution in [3.8, 4) is 11.5 Å². The molecule has 0 saturated heterocycles. The molecule has 0 fully saturated rings. The van der Waals surface area contributed by atoms with Crippen LogP contribution in [0.3, 0.4) is 0 Å². The van der Waals surface area contributed by atoms with Crippen LogP contribution >= 0.6 is 11.8 Å². The molecule has 0 unspecified atom stereocenters. The van der Waals surface area contributed by atoms with Crippen LogP contribution in [0, 0.1) is 10.1 Å². The first-order valence-corrected chi connectivity index (χ1v) is 6.37. The van der Waals surface area contributed by atoms with Gasteiger partial charge in [-0.25, -0.2) is 0 Å². The lowest BCUT2D eigenvalue weighted by atomic mass is 10.1. The molecule has 2 rings (SSSR count). The summed E-state index contributed by atoms with van der Waals surface area (Å²) in [4.78, 5) is 14.2. The molecule has 1 aromatic carbocycles. The largest absolute Gasteiger partial charge is 0.398 e. The highest BCUT2D eigenvalue weighted by molar-refractivity contribution is 7.97. The Balaban J connectivity index is 2.35. The molecule has 94 valence electrons. The molecule has 0 amide bonds. The topological polar surface area (TPSA) is 108 Å². The smallest absolute Gasteiger partial charge is 0.271 e. The standard InChI is InChI=1S/C10H10N4O3S/c1-18-5-9-12-10(17-13-9)7-3-2-6(14(15)16)4-8(7)11/h2-4H,5,11H2,1H3. The molecule has 0 atom stereocenters. The summed E-state index contributed by atoms with van der Waals surface area (Å²) >= 11 is 1.57. The average Bonchev–Trinajstić information content (AvgIpc) is 2.77. The molecule has 2 aromatic rings. The highest BCUT2D eigenvalue weighted by Gasteiger charge is 2.15. The van der Waals surface area contributed by atoms with Gasteiger partial charge in [-0.2, -0.15) is 16.7 Å². The highest BCUT2D eigenvalue weighted by atomic mass is 32.2. The van der Waals surface area contributed by atoms with Crippen LogP contribution in [-0.4, -0.2) is 21.3 Å². The van der Waals surface area contributed by atoms with E-state index in [0.717, 1.165) is 0 Å². The molecule has 18 heavy (non-hydrogen) atoms. The maximum absolute atomic E-state index is 10.6. The monoisotopic (exact) mass is 266 g/mol. The molecule has 0 spiro atoms. The maximum atomic E-state index is 10.6. The van der Waals surface area contributed by atoms with Crippen LogP contribution in [0.2, 0.25) is 0 Å². The van der Waals surface area contributed by atoms with Crippen LogP contribution in [0.4, 0.5) is 11.4 Å². The van der Waals surface area contributed by atoms with E-state index < -0.39 is 4.92 Å². The summed E-state index contributed by atoms with van der Waals surface area (Å²) in [6.45, 7) is 0. The Bertz CT molecular complexity index is 584. The molecule has 0 bridgehead atoms. The number of nitro groups is 1. The summed E-state index contributed by atoms with van der Waals surface area (Å²) in [5.41, 5.74) is 6.41. The van der Waals surface area contributed by atoms with E-state index in [0.29, 0.717) is 17.1 Å². The normalized spacial score (nSPS) is 10.5. The van der Waals surface area contributed by atoms with E-state index in [4.69, 9.17) is 10.3 Å². The van der Waals surface area contributed by atoms with E-state index in [1.165, 1.54) is 18.2 Å². The fraction of sp³-hybridized carbons (Fsp3) is 0.200. The first-order valence-electron chi connectivity index (χ1n) is 4.97. The van der Waals surface area contributed by atoms with Crippen molar-refractivity contribution in [1.29, 1.82) is 0 Å². The SMILES string of the molecule is CSCc1noc(-c2ccc([N+](=O)[O-])cc2N)n1. The van der Waals surface area contributed by atoms with Crippen molar-refractivity contribution in [1.82, 2.24) is 10.1 Å². The van der Waals surface area contributed by atoms with Gasteiger partial charge in [0.05, 0.1) is 21.9 Å². The van der Waals surface area contributed by atoms with Gasteiger partial charge >= 0.3 is 0 Å². The van der Waals surface area contributed by atoms with Crippen molar-refractivity contribution in [3.05, 3.63) is 34.1 Å². The zero-order chi connectivity index (χ0) is 13.1. The number of thioether (sulfide) groups is 1. The third-order valence-electron chi connectivity index (χ3n) is 2.22. The molecule has 0 aliphatic rings. The van der Waals surface area contributed by atoms with Crippen molar-refractivity contribution >= 4 is 23.1 Å². The van der Waals surface area contributed by atoms with E-state index in [2.05, 4.69) is 10.1 Å². The van der Waals surface area contributed by atoms with Crippen LogP contribution in [0.25, 0.3) is 11.5 Å². The van der Waals surface area contributed by atoms with Gasteiger partial charge < -0.3 is 10.3 Å². The number of nitrogen functional groups attached to an aromatic ring is 1. The van der Waals surface area contributed by atoms with Crippen molar-refractivity contribution in [2.24, 2.45) is 0 Å². The zero-order valence-electron chi connectivity index (χ0n) is 9.49. The highest BCUT2D eigenvalue weighted by Crippen LogP contribution is 2.28. The van der Waals surface area contributed by atoms with Crippen molar-refractivity contribution in [2.45, 2.75) is 5.75 Å². The van der Waals surface area contributed by atoms with Gasteiger partial charge in [-0.3, -0.25) is 10.1 Å². The number of anilines is 1. The number of nitrogens with two attached hydrogens (primary N) is 1. The van der Waals surface area contributed by atoms with E-state index in [1.54, 1.807) is 11.8 Å². The van der Waals surface area contributed by atoms with Crippen molar-refractivity contribution in [3.63, 3.8) is 0 Å². The Morgan fingerprint density at radius 2 is 2.33 bits per heavy atom. The predicted octanol–water partition coefficient (Wildman–Crippen LogP) is 2.09. The lowest BCUT2D eigenvalue weighted by molar-refractivity contribution is -0.384. The summed E-state index contributed by atoms with van der Waals surface area (Å²) < 4.78 is 5.06. The number of hydrogen-bond acceptors (Lipinski definition) is 7. The van der Waals surface area contributed by atoms with E-state index in [1.807, 2.05) is 6.26 Å². The summed E-state index contributed by atoms with van der Waals surface area (Å²) in [7, 11) is 0. The lowest BCUT2D eigenvalue weighted by Gasteiger charge is -1.99. The fourth-order valence-corrected chi connectivity index (χ4v) is 1.78. The average molecular weight is 266 g/mol. The molecule has 0 radical (unpaired) electrons. The number of benzene rings is 1. The van der Waals surface area contributed by atoms with Gasteiger partial charge in [0.2, 0.25) is 0 Å². The number of nitrogens with zero attached hydrogens (tertiary/aromatic N) is 3. The van der Waals surface area contributed by atoms with Crippen LogP contribution in [-0.2, 0) is 5.75 Å². The van der Waals surface area contributed by atoms with E-state index in [9.17, 15) is 10.1 Å². The Hall–Kier alpha value is -2.09. The minimum atomic E-state index is -0.507. The summed E-state index contributed by atoms with van der Waals surface area (Å²) in [5, 5.41) is 14.4.